The summed E-state index contributed by atoms with van der Waals surface area (Å²) < 4.78 is 5.66. The molecule has 0 amide bonds. The van der Waals surface area contributed by atoms with Crippen LogP contribution in [0.25, 0.3) is 0 Å². The number of nitrogens with one attached hydrogen (secondary N) is 1. The highest BCUT2D eigenvalue weighted by Crippen LogP contribution is 2.14. The molecule has 13 heavy (non-hydrogen) atoms. The van der Waals surface area contributed by atoms with Gasteiger partial charge < -0.3 is 15.0 Å². The van der Waals surface area contributed by atoms with E-state index in [0.717, 1.165) is 32.2 Å². The number of rotatable bonds is 0. The van der Waals surface area contributed by atoms with Crippen LogP contribution in [0, 0.1) is 0 Å². The molecule has 1 saturated heterocycles. The van der Waals surface area contributed by atoms with Crippen molar-refractivity contribution < 1.29 is 4.74 Å². The standard InChI is InChI=1S/C9H17N3O/c1-7-8(2)13-9(11-7)12-5-3-10-4-6-12/h7-8,10H,3-6H2,1-2H3/t7-,8+/m0/s1. The highest BCUT2D eigenvalue weighted by molar-refractivity contribution is 5.76. The van der Waals surface area contributed by atoms with Gasteiger partial charge in [0.05, 0.1) is 6.04 Å². The van der Waals surface area contributed by atoms with E-state index in [1.165, 1.54) is 0 Å². The van der Waals surface area contributed by atoms with E-state index in [4.69, 9.17) is 4.74 Å². The summed E-state index contributed by atoms with van der Waals surface area (Å²) in [6.07, 6.45) is 0.241. The molecule has 2 aliphatic rings. The average Bonchev–Trinajstić information content (AvgIpc) is 2.49. The van der Waals surface area contributed by atoms with Crippen LogP contribution < -0.4 is 5.32 Å². The zero-order chi connectivity index (χ0) is 9.26. The van der Waals surface area contributed by atoms with Gasteiger partial charge in [-0.15, -0.1) is 0 Å². The smallest absolute Gasteiger partial charge is 0.288 e. The van der Waals surface area contributed by atoms with Crippen molar-refractivity contribution in [3.05, 3.63) is 0 Å². The SMILES string of the molecule is C[C@@H]1N=C(N2CCNCC2)O[C@@H]1C. The summed E-state index contributed by atoms with van der Waals surface area (Å²) in [6.45, 7) is 8.26. The van der Waals surface area contributed by atoms with Crippen LogP contribution >= 0.6 is 0 Å². The summed E-state index contributed by atoms with van der Waals surface area (Å²) in [5.74, 6) is 0. The van der Waals surface area contributed by atoms with Crippen molar-refractivity contribution >= 4 is 6.02 Å². The molecule has 2 aliphatic heterocycles. The minimum absolute atomic E-state index is 0.241. The Hall–Kier alpha value is -0.770. The van der Waals surface area contributed by atoms with E-state index in [1.54, 1.807) is 0 Å². The van der Waals surface area contributed by atoms with Crippen LogP contribution in [0.15, 0.2) is 4.99 Å². The maximum Gasteiger partial charge on any atom is 0.288 e. The molecule has 0 radical (unpaired) electrons. The van der Waals surface area contributed by atoms with Gasteiger partial charge in [-0.3, -0.25) is 0 Å². The number of piperazine rings is 1. The van der Waals surface area contributed by atoms with E-state index < -0.39 is 0 Å². The summed E-state index contributed by atoms with van der Waals surface area (Å²) in [5.41, 5.74) is 0. The summed E-state index contributed by atoms with van der Waals surface area (Å²) in [5, 5.41) is 3.31. The fraction of sp³-hybridized carbons (Fsp3) is 0.889. The first kappa shape index (κ1) is 8.81. The van der Waals surface area contributed by atoms with E-state index >= 15 is 0 Å². The summed E-state index contributed by atoms with van der Waals surface area (Å²) in [6, 6.07) is 1.16. The highest BCUT2D eigenvalue weighted by atomic mass is 16.5. The molecule has 4 nitrogen and oxygen atoms in total. The Kier molecular flexibility index (Phi) is 2.40. The molecule has 2 rings (SSSR count). The molecule has 2 atom stereocenters. The summed E-state index contributed by atoms with van der Waals surface area (Å²) >= 11 is 0. The van der Waals surface area contributed by atoms with Gasteiger partial charge in [0, 0.05) is 26.2 Å². The molecule has 0 aromatic carbocycles. The molecule has 0 aromatic rings. The monoisotopic (exact) mass is 183 g/mol. The second-order valence-corrected chi connectivity index (χ2v) is 3.71. The van der Waals surface area contributed by atoms with Crippen molar-refractivity contribution in [2.45, 2.75) is 26.0 Å². The van der Waals surface area contributed by atoms with E-state index in [0.29, 0.717) is 6.04 Å². The van der Waals surface area contributed by atoms with Crippen molar-refractivity contribution in [1.29, 1.82) is 0 Å². The Morgan fingerprint density at radius 1 is 1.38 bits per heavy atom. The third kappa shape index (κ3) is 1.77. The summed E-state index contributed by atoms with van der Waals surface area (Å²) in [7, 11) is 0. The lowest BCUT2D eigenvalue weighted by Crippen LogP contribution is -2.46. The van der Waals surface area contributed by atoms with Gasteiger partial charge in [-0.25, -0.2) is 4.99 Å². The topological polar surface area (TPSA) is 36.9 Å². The molecule has 1 fully saturated rings. The molecule has 0 spiro atoms. The first-order valence-corrected chi connectivity index (χ1v) is 4.97. The van der Waals surface area contributed by atoms with Gasteiger partial charge in [-0.05, 0) is 13.8 Å². The van der Waals surface area contributed by atoms with E-state index in [2.05, 4.69) is 29.1 Å². The predicted octanol–water partition coefficient (Wildman–Crippen LogP) is 0.0548. The quantitative estimate of drug-likeness (QED) is 0.577. The van der Waals surface area contributed by atoms with Crippen LogP contribution in [-0.4, -0.2) is 49.2 Å². The average molecular weight is 183 g/mol. The zero-order valence-corrected chi connectivity index (χ0v) is 8.29. The van der Waals surface area contributed by atoms with Crippen molar-refractivity contribution in [2.24, 2.45) is 4.99 Å². The van der Waals surface area contributed by atoms with Gasteiger partial charge in [-0.1, -0.05) is 0 Å². The maximum absolute atomic E-state index is 5.66. The molecule has 74 valence electrons. The van der Waals surface area contributed by atoms with Gasteiger partial charge in [0.2, 0.25) is 0 Å². The molecule has 1 N–H and O–H groups in total. The molecule has 0 bridgehead atoms. The molecule has 0 aromatic heterocycles. The lowest BCUT2D eigenvalue weighted by molar-refractivity contribution is 0.174. The highest BCUT2D eigenvalue weighted by Gasteiger charge is 2.27. The van der Waals surface area contributed by atoms with Gasteiger partial charge >= 0.3 is 0 Å². The van der Waals surface area contributed by atoms with Crippen LogP contribution in [0.1, 0.15) is 13.8 Å². The molecule has 0 aliphatic carbocycles. The third-order valence-electron chi connectivity index (χ3n) is 2.67. The molecule has 4 heteroatoms. The number of nitrogens with zero attached hydrogens (tertiary/aromatic N) is 2. The minimum atomic E-state index is 0.241. The number of amidine groups is 1. The Labute approximate surface area is 79.0 Å². The Morgan fingerprint density at radius 2 is 2.08 bits per heavy atom. The van der Waals surface area contributed by atoms with Gasteiger partial charge in [0.25, 0.3) is 6.02 Å². The first-order chi connectivity index (χ1) is 6.27. The predicted molar refractivity (Wildman–Crippen MR) is 51.9 cm³/mol. The van der Waals surface area contributed by atoms with Gasteiger partial charge in [0.1, 0.15) is 6.10 Å². The minimum Gasteiger partial charge on any atom is -0.460 e. The maximum atomic E-state index is 5.66. The lowest BCUT2D eigenvalue weighted by Gasteiger charge is -2.28. The zero-order valence-electron chi connectivity index (χ0n) is 8.29. The van der Waals surface area contributed by atoms with Crippen LogP contribution in [0.5, 0.6) is 0 Å². The number of ether oxygens (including phenoxy) is 1. The molecule has 0 saturated carbocycles. The number of hydrogen-bond acceptors (Lipinski definition) is 4. The van der Waals surface area contributed by atoms with Gasteiger partial charge in [-0.2, -0.15) is 0 Å². The Morgan fingerprint density at radius 3 is 2.62 bits per heavy atom. The van der Waals surface area contributed by atoms with E-state index in [9.17, 15) is 0 Å². The van der Waals surface area contributed by atoms with E-state index in [1.807, 2.05) is 0 Å². The van der Waals surface area contributed by atoms with Crippen molar-refractivity contribution in [2.75, 3.05) is 26.2 Å². The first-order valence-electron chi connectivity index (χ1n) is 4.97. The number of aliphatic imine (C=N–C) groups is 1. The fourth-order valence-electron chi connectivity index (χ4n) is 1.59. The normalized spacial score (nSPS) is 34.3. The van der Waals surface area contributed by atoms with Crippen molar-refractivity contribution in [3.8, 4) is 0 Å². The third-order valence-corrected chi connectivity index (χ3v) is 2.67. The number of hydrogen-bond donors (Lipinski definition) is 1. The largest absolute Gasteiger partial charge is 0.460 e. The van der Waals surface area contributed by atoms with Crippen LogP contribution in [-0.2, 0) is 4.74 Å². The second kappa shape index (κ2) is 3.54. The van der Waals surface area contributed by atoms with Crippen LogP contribution in [0.2, 0.25) is 0 Å². The summed E-state index contributed by atoms with van der Waals surface area (Å²) in [4.78, 5) is 6.70. The lowest BCUT2D eigenvalue weighted by atomic mass is 10.2. The van der Waals surface area contributed by atoms with Gasteiger partial charge in [0.15, 0.2) is 0 Å². The second-order valence-electron chi connectivity index (χ2n) is 3.71. The van der Waals surface area contributed by atoms with Crippen LogP contribution in [0.3, 0.4) is 0 Å². The van der Waals surface area contributed by atoms with Crippen molar-refractivity contribution in [1.82, 2.24) is 10.2 Å². The molecular formula is C9H17N3O. The fourth-order valence-corrected chi connectivity index (χ4v) is 1.59. The molecular weight excluding hydrogens is 166 g/mol. The Balaban J connectivity index is 1.97. The van der Waals surface area contributed by atoms with Crippen LogP contribution in [0.4, 0.5) is 0 Å². The van der Waals surface area contributed by atoms with Crippen molar-refractivity contribution in [3.63, 3.8) is 0 Å². The Bertz CT molecular complexity index is 211. The molecule has 0 unspecified atom stereocenters. The van der Waals surface area contributed by atoms with E-state index in [-0.39, 0.29) is 6.10 Å². The molecule has 2 heterocycles.